The van der Waals surface area contributed by atoms with E-state index < -0.39 is 0 Å². The second kappa shape index (κ2) is 7.53. The summed E-state index contributed by atoms with van der Waals surface area (Å²) in [4.78, 5) is 5.81. The van der Waals surface area contributed by atoms with E-state index in [0.717, 1.165) is 31.5 Å². The number of nitrogens with zero attached hydrogens (tertiary/aromatic N) is 2. The molecule has 0 aliphatic heterocycles. The van der Waals surface area contributed by atoms with Gasteiger partial charge in [-0.3, -0.25) is 5.41 Å². The van der Waals surface area contributed by atoms with Crippen molar-refractivity contribution in [1.82, 2.24) is 0 Å². The van der Waals surface area contributed by atoms with Gasteiger partial charge in [0.1, 0.15) is 0 Å². The zero-order valence-electron chi connectivity index (χ0n) is 12.6. The number of nitrogens with two attached hydrogens (primary N) is 2. The monoisotopic (exact) mass is 275 g/mol. The second-order valence-electron chi connectivity index (χ2n) is 4.64. The van der Waals surface area contributed by atoms with E-state index in [1.165, 1.54) is 11.1 Å². The van der Waals surface area contributed by atoms with Gasteiger partial charge in [-0.05, 0) is 30.4 Å². The van der Waals surface area contributed by atoms with Gasteiger partial charge in [0.2, 0.25) is 5.96 Å². The topological polar surface area (TPSA) is 91.5 Å². The normalized spacial score (nSPS) is 10.2. The van der Waals surface area contributed by atoms with Crippen molar-refractivity contribution in [3.8, 4) is 0 Å². The van der Waals surface area contributed by atoms with E-state index in [4.69, 9.17) is 16.9 Å². The second-order valence-corrected chi connectivity index (χ2v) is 4.64. The highest BCUT2D eigenvalue weighted by Crippen LogP contribution is 2.27. The summed E-state index contributed by atoms with van der Waals surface area (Å²) in [6, 6.07) is 6.26. The lowest BCUT2D eigenvalue weighted by atomic mass is 10.0. The standard InChI is InChI=1S/C15H25N5/c1-4-10-20(15(18)19-14(16)17)13-11(5-2)8-7-9-12(13)6-3/h7-9H,4-6,10H2,1-3H3,(H5,16,17,18,19). The summed E-state index contributed by atoms with van der Waals surface area (Å²) in [5.74, 6) is 0.0191. The fourth-order valence-electron chi connectivity index (χ4n) is 2.29. The molecule has 0 saturated heterocycles. The zero-order chi connectivity index (χ0) is 15.1. The quantitative estimate of drug-likeness (QED) is 0.568. The number of anilines is 1. The maximum atomic E-state index is 8.14. The Morgan fingerprint density at radius 1 is 1.15 bits per heavy atom. The maximum absolute atomic E-state index is 8.14. The largest absolute Gasteiger partial charge is 0.370 e. The molecule has 0 amide bonds. The van der Waals surface area contributed by atoms with E-state index in [2.05, 4.69) is 44.0 Å². The molecule has 5 heteroatoms. The molecular formula is C15H25N5. The molecule has 0 aliphatic rings. The first kappa shape index (κ1) is 16.0. The Balaban J connectivity index is 3.33. The summed E-state index contributed by atoms with van der Waals surface area (Å²) in [5, 5.41) is 8.14. The predicted octanol–water partition coefficient (Wildman–Crippen LogP) is 2.24. The number of benzene rings is 1. The fourth-order valence-corrected chi connectivity index (χ4v) is 2.29. The molecule has 0 aromatic heterocycles. The Hall–Kier alpha value is -2.04. The number of rotatable bonds is 5. The average Bonchev–Trinajstić information content (AvgIpc) is 2.43. The lowest BCUT2D eigenvalue weighted by Crippen LogP contribution is -2.35. The lowest BCUT2D eigenvalue weighted by molar-refractivity contribution is 0.877. The molecule has 0 bridgehead atoms. The summed E-state index contributed by atoms with van der Waals surface area (Å²) >= 11 is 0. The van der Waals surface area contributed by atoms with Crippen molar-refractivity contribution in [1.29, 1.82) is 5.41 Å². The first-order valence-electron chi connectivity index (χ1n) is 7.11. The molecule has 0 radical (unpaired) electrons. The molecule has 5 N–H and O–H groups in total. The Kier molecular flexibility index (Phi) is 6.03. The average molecular weight is 275 g/mol. The Labute approximate surface area is 121 Å². The van der Waals surface area contributed by atoms with Gasteiger partial charge in [-0.25, -0.2) is 0 Å². The van der Waals surface area contributed by atoms with E-state index in [1.54, 1.807) is 0 Å². The molecule has 110 valence electrons. The van der Waals surface area contributed by atoms with Crippen LogP contribution in [0.25, 0.3) is 0 Å². The number of nitrogens with one attached hydrogen (secondary N) is 1. The van der Waals surface area contributed by atoms with Crippen molar-refractivity contribution in [2.24, 2.45) is 16.5 Å². The van der Waals surface area contributed by atoms with Crippen molar-refractivity contribution in [3.05, 3.63) is 29.3 Å². The number of hydrogen-bond donors (Lipinski definition) is 3. The van der Waals surface area contributed by atoms with Gasteiger partial charge in [-0.15, -0.1) is 0 Å². The van der Waals surface area contributed by atoms with Crippen LogP contribution in [0, 0.1) is 5.41 Å². The van der Waals surface area contributed by atoms with Gasteiger partial charge in [0.05, 0.1) is 5.69 Å². The van der Waals surface area contributed by atoms with Gasteiger partial charge in [0, 0.05) is 6.54 Å². The third kappa shape index (κ3) is 3.73. The van der Waals surface area contributed by atoms with Crippen molar-refractivity contribution in [2.75, 3.05) is 11.4 Å². The van der Waals surface area contributed by atoms with Crippen LogP contribution in [0.15, 0.2) is 23.2 Å². The molecule has 0 saturated carbocycles. The molecule has 0 aliphatic carbocycles. The number of aryl methyl sites for hydroxylation is 2. The molecule has 0 spiro atoms. The zero-order valence-corrected chi connectivity index (χ0v) is 12.6. The molecule has 0 heterocycles. The SMILES string of the molecule is CCCN(C(=N)N=C(N)N)c1c(CC)cccc1CC. The third-order valence-electron chi connectivity index (χ3n) is 3.17. The van der Waals surface area contributed by atoms with Crippen LogP contribution in [0.5, 0.6) is 0 Å². The first-order valence-corrected chi connectivity index (χ1v) is 7.11. The van der Waals surface area contributed by atoms with Gasteiger partial charge in [-0.2, -0.15) is 4.99 Å². The van der Waals surface area contributed by atoms with Crippen LogP contribution in [0.3, 0.4) is 0 Å². The number of aliphatic imine (C=N–C) groups is 1. The van der Waals surface area contributed by atoms with Crippen LogP contribution in [-0.4, -0.2) is 18.5 Å². The summed E-state index contributed by atoms with van der Waals surface area (Å²) in [7, 11) is 0. The van der Waals surface area contributed by atoms with Crippen molar-refractivity contribution < 1.29 is 0 Å². The smallest absolute Gasteiger partial charge is 0.225 e. The van der Waals surface area contributed by atoms with Gasteiger partial charge in [0.15, 0.2) is 5.96 Å². The molecular weight excluding hydrogens is 250 g/mol. The number of hydrogen-bond acceptors (Lipinski definition) is 1. The van der Waals surface area contributed by atoms with Crippen LogP contribution in [0.4, 0.5) is 5.69 Å². The molecule has 0 fully saturated rings. The van der Waals surface area contributed by atoms with E-state index in [1.807, 2.05) is 4.90 Å². The van der Waals surface area contributed by atoms with Crippen molar-refractivity contribution in [3.63, 3.8) is 0 Å². The Bertz CT molecular complexity index is 467. The minimum absolute atomic E-state index is 0.0804. The Morgan fingerprint density at radius 3 is 2.10 bits per heavy atom. The van der Waals surface area contributed by atoms with Gasteiger partial charge in [-0.1, -0.05) is 39.0 Å². The van der Waals surface area contributed by atoms with Gasteiger partial charge in [0.25, 0.3) is 0 Å². The van der Waals surface area contributed by atoms with E-state index in [9.17, 15) is 0 Å². The summed E-state index contributed by atoms with van der Waals surface area (Å²) < 4.78 is 0. The van der Waals surface area contributed by atoms with Crippen LogP contribution in [0.1, 0.15) is 38.3 Å². The highest BCUT2D eigenvalue weighted by atomic mass is 15.3. The predicted molar refractivity (Wildman–Crippen MR) is 86.4 cm³/mol. The maximum Gasteiger partial charge on any atom is 0.225 e. The number of para-hydroxylation sites is 1. The van der Waals surface area contributed by atoms with E-state index in [0.29, 0.717) is 0 Å². The van der Waals surface area contributed by atoms with Gasteiger partial charge >= 0.3 is 0 Å². The minimum atomic E-state index is -0.0804. The lowest BCUT2D eigenvalue weighted by Gasteiger charge is -2.27. The van der Waals surface area contributed by atoms with Crippen LogP contribution >= 0.6 is 0 Å². The highest BCUT2D eigenvalue weighted by Gasteiger charge is 2.17. The molecule has 1 aromatic rings. The Morgan fingerprint density at radius 2 is 1.70 bits per heavy atom. The first-order chi connectivity index (χ1) is 9.54. The summed E-state index contributed by atoms with van der Waals surface area (Å²) in [6.45, 7) is 7.04. The van der Waals surface area contributed by atoms with Crippen LogP contribution in [0.2, 0.25) is 0 Å². The summed E-state index contributed by atoms with van der Waals surface area (Å²) in [5.41, 5.74) is 14.3. The fraction of sp³-hybridized carbons (Fsp3) is 0.467. The molecule has 1 aromatic carbocycles. The van der Waals surface area contributed by atoms with Crippen LogP contribution < -0.4 is 16.4 Å². The third-order valence-corrected chi connectivity index (χ3v) is 3.17. The highest BCUT2D eigenvalue weighted by molar-refractivity contribution is 6.02. The number of guanidine groups is 2. The van der Waals surface area contributed by atoms with E-state index in [-0.39, 0.29) is 11.9 Å². The van der Waals surface area contributed by atoms with Crippen LogP contribution in [-0.2, 0) is 12.8 Å². The molecule has 5 nitrogen and oxygen atoms in total. The molecule has 20 heavy (non-hydrogen) atoms. The van der Waals surface area contributed by atoms with E-state index >= 15 is 0 Å². The van der Waals surface area contributed by atoms with Gasteiger partial charge < -0.3 is 16.4 Å². The van der Waals surface area contributed by atoms with Crippen molar-refractivity contribution in [2.45, 2.75) is 40.0 Å². The molecule has 0 unspecified atom stereocenters. The minimum Gasteiger partial charge on any atom is -0.370 e. The van der Waals surface area contributed by atoms with Crippen molar-refractivity contribution >= 4 is 17.6 Å². The molecule has 1 rings (SSSR count). The molecule has 0 atom stereocenters. The summed E-state index contributed by atoms with van der Waals surface area (Å²) in [6.07, 6.45) is 2.75.